The molecule has 0 aliphatic carbocycles. The number of unbranched alkanes of at least 4 members (excludes halogenated alkanes) is 3. The Balaban J connectivity index is 6.21. The molecule has 0 rings (SSSR count). The van der Waals surface area contributed by atoms with Gasteiger partial charge < -0.3 is 67.6 Å². The van der Waals surface area contributed by atoms with Crippen LogP contribution in [0.4, 0.5) is 14.4 Å². The molecular formula is C42H81N9O11. The molecule has 360 valence electrons. The van der Waals surface area contributed by atoms with Gasteiger partial charge in [0, 0.05) is 32.7 Å². The van der Waals surface area contributed by atoms with Crippen LogP contribution in [0.15, 0.2) is 0 Å². The summed E-state index contributed by atoms with van der Waals surface area (Å²) in [5.41, 5.74) is 9.15. The van der Waals surface area contributed by atoms with E-state index in [4.69, 9.17) is 30.4 Å². The molecule has 4 atom stereocenters. The number of alkyl carbamates (subject to hydrolysis) is 3. The summed E-state index contributed by atoms with van der Waals surface area (Å²) in [5, 5.41) is 19.0. The molecule has 0 aromatic rings. The number of carbonyl (C=O) groups is 7. The van der Waals surface area contributed by atoms with E-state index in [1.165, 1.54) is 0 Å². The van der Waals surface area contributed by atoms with E-state index < -0.39 is 88.5 Å². The Kier molecular flexibility index (Phi) is 26.3. The molecule has 0 aliphatic heterocycles. The van der Waals surface area contributed by atoms with Crippen molar-refractivity contribution in [2.75, 3.05) is 39.3 Å². The molecule has 20 heteroatoms. The fraction of sp³-hybridized carbons (Fsp3) is 0.833. The minimum Gasteiger partial charge on any atom is -0.444 e. The number of amides is 7. The van der Waals surface area contributed by atoms with Crippen molar-refractivity contribution in [3.8, 4) is 0 Å². The van der Waals surface area contributed by atoms with Crippen molar-refractivity contribution in [1.29, 1.82) is 0 Å². The summed E-state index contributed by atoms with van der Waals surface area (Å²) in [7, 11) is 0. The van der Waals surface area contributed by atoms with E-state index in [1.54, 1.807) is 62.3 Å². The number of hydrogen-bond donors (Lipinski definition) is 9. The predicted molar refractivity (Wildman–Crippen MR) is 236 cm³/mol. The van der Waals surface area contributed by atoms with E-state index in [0.717, 1.165) is 0 Å². The summed E-state index contributed by atoms with van der Waals surface area (Å²) in [6, 6.07) is -4.44. The van der Waals surface area contributed by atoms with Gasteiger partial charge in [-0.1, -0.05) is 0 Å². The molecule has 0 bridgehead atoms. The minimum absolute atomic E-state index is 0.101. The van der Waals surface area contributed by atoms with Crippen LogP contribution in [0.25, 0.3) is 0 Å². The van der Waals surface area contributed by atoms with Gasteiger partial charge in [0.05, 0.1) is 12.2 Å². The molecule has 0 unspecified atom stereocenters. The summed E-state index contributed by atoms with van der Waals surface area (Å²) in [5.74, 6) is -2.45. The molecule has 7 amide bonds. The van der Waals surface area contributed by atoms with Crippen LogP contribution < -0.4 is 48.7 Å². The highest BCUT2D eigenvalue weighted by molar-refractivity contribution is 5.94. The fourth-order valence-electron chi connectivity index (χ4n) is 5.30. The molecule has 0 saturated heterocycles. The Morgan fingerprint density at radius 2 is 0.758 bits per heavy atom. The number of ether oxygens (including phenoxy) is 4. The summed E-state index contributed by atoms with van der Waals surface area (Å²) in [6.07, 6.45) is 1.14. The molecule has 62 heavy (non-hydrogen) atoms. The largest absolute Gasteiger partial charge is 0.444 e. The van der Waals surface area contributed by atoms with E-state index in [0.29, 0.717) is 38.5 Å². The third kappa shape index (κ3) is 31.4. The Morgan fingerprint density at radius 3 is 1.06 bits per heavy atom. The third-order valence-corrected chi connectivity index (χ3v) is 8.14. The SMILES string of the molecule is CC(C)(C)OC[C@H](N)C(=O)N[C@@H](CCCCNC(=O)OC(C)(C)C)C(=O)N[C@@H](CCCCNC(=O)OC(C)(C)C)C(=O)N[C@@H](CCCCNC(=O)OC(C)(C)C)C(=O)NCCN. The second-order valence-electron chi connectivity index (χ2n) is 19.1. The van der Waals surface area contributed by atoms with Crippen LogP contribution in [-0.4, -0.2) is 128 Å². The molecule has 11 N–H and O–H groups in total. The van der Waals surface area contributed by atoms with Gasteiger partial charge in [-0.3, -0.25) is 19.2 Å². The van der Waals surface area contributed by atoms with Crippen LogP contribution in [-0.2, 0) is 38.1 Å². The van der Waals surface area contributed by atoms with Crippen LogP contribution >= 0.6 is 0 Å². The van der Waals surface area contributed by atoms with Crippen LogP contribution in [0, 0.1) is 0 Å². The van der Waals surface area contributed by atoms with Crippen molar-refractivity contribution < 1.29 is 52.5 Å². The van der Waals surface area contributed by atoms with E-state index in [-0.39, 0.29) is 58.6 Å². The molecule has 0 radical (unpaired) electrons. The zero-order valence-electron chi connectivity index (χ0n) is 39.6. The number of carbonyl (C=O) groups excluding carboxylic acids is 7. The Morgan fingerprint density at radius 1 is 0.435 bits per heavy atom. The topological polar surface area (TPSA) is 293 Å². The Labute approximate surface area is 369 Å². The molecule has 0 fully saturated rings. The number of hydrogen-bond acceptors (Lipinski definition) is 13. The van der Waals surface area contributed by atoms with Crippen molar-refractivity contribution in [3.05, 3.63) is 0 Å². The lowest BCUT2D eigenvalue weighted by Crippen LogP contribution is -2.58. The van der Waals surface area contributed by atoms with Gasteiger partial charge in [-0.05, 0) is 141 Å². The van der Waals surface area contributed by atoms with Gasteiger partial charge in [-0.25, -0.2) is 14.4 Å². The Bertz CT molecular complexity index is 1400. The van der Waals surface area contributed by atoms with Crippen LogP contribution in [0.5, 0.6) is 0 Å². The van der Waals surface area contributed by atoms with Gasteiger partial charge in [0.25, 0.3) is 0 Å². The molecule has 0 aromatic heterocycles. The second-order valence-corrected chi connectivity index (χ2v) is 19.1. The lowest BCUT2D eigenvalue weighted by atomic mass is 10.0. The maximum absolute atomic E-state index is 14.0. The van der Waals surface area contributed by atoms with E-state index in [1.807, 2.05) is 20.8 Å². The monoisotopic (exact) mass is 888 g/mol. The molecule has 0 spiro atoms. The quantitative estimate of drug-likeness (QED) is 0.0447. The molecule has 0 aromatic carbocycles. The fourth-order valence-corrected chi connectivity index (χ4v) is 5.30. The first-order chi connectivity index (χ1) is 28.5. The van der Waals surface area contributed by atoms with Crippen molar-refractivity contribution >= 4 is 41.9 Å². The highest BCUT2D eigenvalue weighted by atomic mass is 16.6. The first-order valence-electron chi connectivity index (χ1n) is 21.7. The van der Waals surface area contributed by atoms with Gasteiger partial charge in [0.15, 0.2) is 0 Å². The molecule has 0 heterocycles. The van der Waals surface area contributed by atoms with Crippen molar-refractivity contribution in [1.82, 2.24) is 37.2 Å². The molecular weight excluding hydrogens is 807 g/mol. The number of rotatable bonds is 26. The van der Waals surface area contributed by atoms with Crippen molar-refractivity contribution in [2.45, 2.75) is 187 Å². The average molecular weight is 888 g/mol. The van der Waals surface area contributed by atoms with Crippen molar-refractivity contribution in [3.63, 3.8) is 0 Å². The summed E-state index contributed by atoms with van der Waals surface area (Å²) < 4.78 is 21.5. The Hall–Kier alpha value is -4.43. The van der Waals surface area contributed by atoms with Gasteiger partial charge in [-0.15, -0.1) is 0 Å². The van der Waals surface area contributed by atoms with Gasteiger partial charge in [-0.2, -0.15) is 0 Å². The molecule has 0 saturated carbocycles. The van der Waals surface area contributed by atoms with E-state index in [2.05, 4.69) is 37.2 Å². The highest BCUT2D eigenvalue weighted by Crippen LogP contribution is 2.12. The lowest BCUT2D eigenvalue weighted by Gasteiger charge is -2.27. The van der Waals surface area contributed by atoms with Gasteiger partial charge in [0.2, 0.25) is 23.6 Å². The van der Waals surface area contributed by atoms with Crippen LogP contribution in [0.3, 0.4) is 0 Å². The predicted octanol–water partition coefficient (Wildman–Crippen LogP) is 2.74. The van der Waals surface area contributed by atoms with E-state index in [9.17, 15) is 33.6 Å². The summed E-state index contributed by atoms with van der Waals surface area (Å²) in [4.78, 5) is 91.0. The lowest BCUT2D eigenvalue weighted by molar-refractivity contribution is -0.134. The van der Waals surface area contributed by atoms with Crippen molar-refractivity contribution in [2.24, 2.45) is 11.5 Å². The average Bonchev–Trinajstić information content (AvgIpc) is 3.11. The van der Waals surface area contributed by atoms with Gasteiger partial charge >= 0.3 is 18.3 Å². The zero-order chi connectivity index (χ0) is 47.7. The van der Waals surface area contributed by atoms with Crippen LogP contribution in [0.1, 0.15) is 141 Å². The minimum atomic E-state index is -1.17. The maximum Gasteiger partial charge on any atom is 0.407 e. The smallest absolute Gasteiger partial charge is 0.407 e. The van der Waals surface area contributed by atoms with E-state index >= 15 is 0 Å². The maximum atomic E-state index is 14.0. The van der Waals surface area contributed by atoms with Gasteiger partial charge in [0.1, 0.15) is 41.0 Å². The normalized spacial score (nSPS) is 13.9. The highest BCUT2D eigenvalue weighted by Gasteiger charge is 2.31. The first-order valence-corrected chi connectivity index (χ1v) is 21.7. The third-order valence-electron chi connectivity index (χ3n) is 8.14. The second kappa shape index (κ2) is 28.3. The number of nitrogens with two attached hydrogens (primary N) is 2. The standard InChI is InChI=1S/C42H81N9O11/c1-39(2,3)59-27-28(44)32(52)49-30(20-14-17-24-47-37(57)61-41(7,8)9)34(54)51-31(21-15-18-25-48-38(58)62-42(10,11)12)35(55)50-29(33(53)45-26-22-43)19-13-16-23-46-36(56)60-40(4,5)6/h28-31H,13-27,43-44H2,1-12H3,(H,45,53)(H,46,56)(H,47,57)(H,48,58)(H,49,52)(H,50,55)(H,51,54)/t28-,29-,30-,31-/m0/s1. The first kappa shape index (κ1) is 57.6. The number of nitrogens with one attached hydrogen (secondary N) is 7. The summed E-state index contributed by atoms with van der Waals surface area (Å²) >= 11 is 0. The molecule has 0 aliphatic rings. The zero-order valence-corrected chi connectivity index (χ0v) is 39.6. The van der Waals surface area contributed by atoms with Crippen LogP contribution in [0.2, 0.25) is 0 Å². The summed E-state index contributed by atoms with van der Waals surface area (Å²) in [6.45, 7) is 22.1. The molecule has 20 nitrogen and oxygen atoms in total.